The van der Waals surface area contributed by atoms with Crippen molar-refractivity contribution in [1.29, 1.82) is 0 Å². The Morgan fingerprint density at radius 2 is 1.12 bits per heavy atom. The average Bonchev–Trinajstić information content (AvgIpc) is 3.55. The van der Waals surface area contributed by atoms with E-state index >= 15 is 0 Å². The van der Waals surface area contributed by atoms with E-state index in [-0.39, 0.29) is 0 Å². The van der Waals surface area contributed by atoms with Crippen molar-refractivity contribution < 1.29 is 19.8 Å². The Kier molecular flexibility index (Phi) is 13.9. The van der Waals surface area contributed by atoms with Crippen molar-refractivity contribution in [2.75, 3.05) is 0 Å². The Morgan fingerprint density at radius 3 is 1.74 bits per heavy atom. The summed E-state index contributed by atoms with van der Waals surface area (Å²) in [5.74, 6) is -1.33. The highest BCUT2D eigenvalue weighted by atomic mass is 16.4. The molecule has 6 nitrogen and oxygen atoms in total. The summed E-state index contributed by atoms with van der Waals surface area (Å²) < 4.78 is 0. The fourth-order valence-corrected chi connectivity index (χ4v) is 5.22. The van der Waals surface area contributed by atoms with Crippen molar-refractivity contribution in [2.24, 2.45) is 9.98 Å². The normalized spacial score (nSPS) is 11.3. The highest BCUT2D eigenvalue weighted by molar-refractivity contribution is 5.86. The van der Waals surface area contributed by atoms with Gasteiger partial charge in [-0.25, -0.2) is 9.98 Å². The number of nitrogens with zero attached hydrogens (tertiary/aromatic N) is 2. The van der Waals surface area contributed by atoms with Gasteiger partial charge in [0, 0.05) is 34.4 Å². The Labute approximate surface area is 249 Å². The van der Waals surface area contributed by atoms with E-state index in [4.69, 9.17) is 20.2 Å². The van der Waals surface area contributed by atoms with Crippen LogP contribution in [0.5, 0.6) is 0 Å². The van der Waals surface area contributed by atoms with Crippen LogP contribution in [0.25, 0.3) is 11.1 Å². The quantitative estimate of drug-likeness (QED) is 0.130. The van der Waals surface area contributed by atoms with Crippen molar-refractivity contribution in [3.8, 4) is 11.1 Å². The van der Waals surface area contributed by atoms with Gasteiger partial charge in [0.15, 0.2) is 0 Å². The Hall–Kier alpha value is -3.80. The van der Waals surface area contributed by atoms with Gasteiger partial charge in [0.1, 0.15) is 0 Å². The number of fused-ring (bicyclic) bond motifs is 6. The van der Waals surface area contributed by atoms with Crippen LogP contribution in [0.3, 0.4) is 0 Å². The van der Waals surface area contributed by atoms with Gasteiger partial charge in [0.25, 0.3) is 0 Å². The molecular formula is C36H46N2O4. The smallest absolute Gasteiger partial charge is 0.303 e. The summed E-state index contributed by atoms with van der Waals surface area (Å²) in [6.45, 7) is 4.35. The van der Waals surface area contributed by atoms with Crippen LogP contribution in [-0.4, -0.2) is 22.2 Å². The second kappa shape index (κ2) is 17.9. The number of para-hydroxylation sites is 2. The van der Waals surface area contributed by atoms with Gasteiger partial charge in [-0.1, -0.05) is 114 Å². The molecule has 3 aromatic rings. The number of carbonyl (C=O) groups is 2. The maximum Gasteiger partial charge on any atom is 0.303 e. The summed E-state index contributed by atoms with van der Waals surface area (Å²) in [5, 5.41) is 21.1. The fraction of sp³-hybridized carbons (Fsp3) is 0.444. The van der Waals surface area contributed by atoms with E-state index in [1.165, 1.54) is 72.9 Å². The minimum absolute atomic E-state index is 0.337. The molecule has 0 fully saturated rings. The lowest BCUT2D eigenvalue weighted by Crippen LogP contribution is -2.00. The molecule has 2 heterocycles. The number of unbranched alkanes of at least 4 members (excludes halogenated alkanes) is 10. The Bertz CT molecular complexity index is 1530. The third-order valence-electron chi connectivity index (χ3n) is 7.49. The number of carboxylic acids is 2. The molecule has 2 aliphatic heterocycles. The molecule has 224 valence electrons. The van der Waals surface area contributed by atoms with Crippen molar-refractivity contribution in [3.63, 3.8) is 0 Å². The predicted molar refractivity (Wildman–Crippen MR) is 169 cm³/mol. The number of hydrogen-bond acceptors (Lipinski definition) is 4. The van der Waals surface area contributed by atoms with E-state index in [9.17, 15) is 9.59 Å². The molecule has 0 spiro atoms. The average molecular weight is 571 g/mol. The van der Waals surface area contributed by atoms with E-state index in [1.54, 1.807) is 0 Å². The first kappa shape index (κ1) is 32.7. The molecule has 0 aliphatic carbocycles. The number of hydrogen-bond donors (Lipinski definition) is 2. The van der Waals surface area contributed by atoms with Gasteiger partial charge in [-0.05, 0) is 37.1 Å². The van der Waals surface area contributed by atoms with Crippen LogP contribution in [0, 0.1) is 10.4 Å². The molecule has 0 unspecified atom stereocenters. The summed E-state index contributed by atoms with van der Waals surface area (Å²) >= 11 is 0. The van der Waals surface area contributed by atoms with Crippen LogP contribution in [-0.2, 0) is 9.59 Å². The van der Waals surface area contributed by atoms with Crippen molar-refractivity contribution in [2.45, 2.75) is 104 Å². The summed E-state index contributed by atoms with van der Waals surface area (Å²) in [4.78, 5) is 29.7. The first-order valence-electron chi connectivity index (χ1n) is 15.7. The topological polar surface area (TPSA) is 99.3 Å². The van der Waals surface area contributed by atoms with Crippen LogP contribution in [0.15, 0.2) is 70.6 Å². The van der Waals surface area contributed by atoms with Gasteiger partial charge in [-0.2, -0.15) is 0 Å². The van der Waals surface area contributed by atoms with E-state index < -0.39 is 11.9 Å². The molecule has 3 aromatic carbocycles. The lowest BCUT2D eigenvalue weighted by molar-refractivity contribution is -0.138. The minimum Gasteiger partial charge on any atom is -0.481 e. The van der Waals surface area contributed by atoms with Crippen molar-refractivity contribution >= 4 is 23.3 Å². The zero-order valence-electron chi connectivity index (χ0n) is 25.3. The maximum atomic E-state index is 10.1. The molecule has 0 aromatic heterocycles. The zero-order chi connectivity index (χ0) is 30.2. The third-order valence-corrected chi connectivity index (χ3v) is 7.49. The largest absolute Gasteiger partial charge is 0.481 e. The summed E-state index contributed by atoms with van der Waals surface area (Å²) in [6, 6.07) is 20.8. The molecule has 2 N–H and O–H groups in total. The van der Waals surface area contributed by atoms with Crippen molar-refractivity contribution in [3.05, 3.63) is 81.8 Å². The Balaban J connectivity index is 0.000000191. The molecule has 0 atom stereocenters. The molecule has 0 saturated heterocycles. The highest BCUT2D eigenvalue weighted by Crippen LogP contribution is 2.38. The lowest BCUT2D eigenvalue weighted by Gasteiger charge is -2.01. The maximum absolute atomic E-state index is 10.1. The van der Waals surface area contributed by atoms with Gasteiger partial charge in [0.05, 0.1) is 22.1 Å². The van der Waals surface area contributed by atoms with Gasteiger partial charge in [0.2, 0.25) is 0 Å². The van der Waals surface area contributed by atoms with Crippen LogP contribution >= 0.6 is 0 Å². The zero-order valence-corrected chi connectivity index (χ0v) is 25.3. The van der Waals surface area contributed by atoms with Gasteiger partial charge in [-0.3, -0.25) is 9.59 Å². The van der Waals surface area contributed by atoms with Gasteiger partial charge >= 0.3 is 11.9 Å². The van der Waals surface area contributed by atoms with E-state index in [1.807, 2.05) is 12.1 Å². The number of aliphatic carboxylic acids is 2. The third kappa shape index (κ3) is 9.93. The number of rotatable bonds is 14. The van der Waals surface area contributed by atoms with E-state index in [0.717, 1.165) is 47.8 Å². The van der Waals surface area contributed by atoms with Crippen LogP contribution in [0.2, 0.25) is 0 Å². The summed E-state index contributed by atoms with van der Waals surface area (Å²) in [7, 11) is 0. The molecule has 0 amide bonds. The second-order valence-electron chi connectivity index (χ2n) is 10.9. The first-order chi connectivity index (χ1) is 20.5. The van der Waals surface area contributed by atoms with Crippen LogP contribution < -0.4 is 10.7 Å². The molecular weight excluding hydrogens is 524 g/mol. The Morgan fingerprint density at radius 1 is 0.571 bits per heavy atom. The molecule has 6 heteroatoms. The standard InChI is InChI=1S/C18H10N2.C10H20O2.C8H16O2/c1-3-7-14-11(5-1)12-9-10-16-17(18(12)20-14)13-6-2-4-8-15(13)19-16;1-2-3-4-5-6-7-8-9-10(11)12;1-2-3-4-5-6-7-8(9)10/h1-10H;2-9H2,1H3,(H,11,12);2-7H2,1H3,(H,9,10). The summed E-state index contributed by atoms with van der Waals surface area (Å²) in [5.41, 5.74) is 4.48. The lowest BCUT2D eigenvalue weighted by atomic mass is 10.0. The molecule has 0 saturated carbocycles. The second-order valence-corrected chi connectivity index (χ2v) is 10.9. The van der Waals surface area contributed by atoms with E-state index in [0.29, 0.717) is 12.8 Å². The van der Waals surface area contributed by atoms with Gasteiger partial charge < -0.3 is 10.2 Å². The molecule has 5 rings (SSSR count). The highest BCUT2D eigenvalue weighted by Gasteiger charge is 2.19. The minimum atomic E-state index is -0.670. The molecule has 42 heavy (non-hydrogen) atoms. The fourth-order valence-electron chi connectivity index (χ4n) is 5.22. The predicted octanol–water partition coefficient (Wildman–Crippen LogP) is 8.81. The SMILES string of the molecule is CCCCCCCC(=O)O.CCCCCCCCCC(=O)O.c1ccc2c(c1)N=c1ccc3c(c1-2)N=c1ccccc1=3. The molecule has 0 bridgehead atoms. The first-order valence-corrected chi connectivity index (χ1v) is 15.7. The number of benzene rings is 3. The number of carboxylic acid groups (broad SMARTS) is 2. The van der Waals surface area contributed by atoms with Crippen LogP contribution in [0.1, 0.15) is 104 Å². The monoisotopic (exact) mass is 570 g/mol. The van der Waals surface area contributed by atoms with Crippen molar-refractivity contribution in [1.82, 2.24) is 0 Å². The van der Waals surface area contributed by atoms with Gasteiger partial charge in [-0.15, -0.1) is 0 Å². The van der Waals surface area contributed by atoms with Crippen LogP contribution in [0.4, 0.5) is 11.4 Å². The van der Waals surface area contributed by atoms with E-state index in [2.05, 4.69) is 62.4 Å². The summed E-state index contributed by atoms with van der Waals surface area (Å²) in [6.07, 6.45) is 14.5. The molecule has 0 radical (unpaired) electrons. The molecule has 2 aliphatic rings.